The molecule has 5 heteroatoms. The smallest absolute Gasteiger partial charge is 0.277 e. The Kier molecular flexibility index (Phi) is 2.42. The average molecular weight is 196 g/mol. The topological polar surface area (TPSA) is 75.3 Å². The third kappa shape index (κ3) is 1.30. The van der Waals surface area contributed by atoms with Gasteiger partial charge in [-0.25, -0.2) is 4.79 Å². The van der Waals surface area contributed by atoms with Gasteiger partial charge in [-0.2, -0.15) is 0 Å². The summed E-state index contributed by atoms with van der Waals surface area (Å²) in [6.45, 7) is 4.89. The Labute approximate surface area is 81.5 Å². The minimum atomic E-state index is -1.28. The Bertz CT molecular complexity index is 324. The average Bonchev–Trinajstić information content (AvgIpc) is 2.12. The van der Waals surface area contributed by atoms with E-state index >= 15 is 0 Å². The van der Waals surface area contributed by atoms with Crippen LogP contribution in [0.15, 0.2) is 11.6 Å². The Morgan fingerprint density at radius 3 is 2.00 bits per heavy atom. The van der Waals surface area contributed by atoms with Crippen molar-refractivity contribution in [3.8, 4) is 0 Å². The quantitative estimate of drug-likeness (QED) is 0.468. The minimum absolute atomic E-state index is 0.582. The maximum atomic E-state index is 11.5. The second kappa shape index (κ2) is 3.25. The van der Waals surface area contributed by atoms with Gasteiger partial charge < -0.3 is 0 Å². The lowest BCUT2D eigenvalue weighted by Gasteiger charge is -2.31. The molecule has 1 fully saturated rings. The van der Waals surface area contributed by atoms with Crippen molar-refractivity contribution >= 4 is 17.8 Å². The first kappa shape index (κ1) is 10.4. The zero-order chi connectivity index (χ0) is 10.9. The van der Waals surface area contributed by atoms with Gasteiger partial charge in [0, 0.05) is 0 Å². The third-order valence-electron chi connectivity index (χ3n) is 2.58. The van der Waals surface area contributed by atoms with E-state index in [0.717, 1.165) is 0 Å². The van der Waals surface area contributed by atoms with Crippen molar-refractivity contribution in [3.05, 3.63) is 11.6 Å². The highest BCUT2D eigenvalue weighted by Crippen LogP contribution is 2.28. The SMILES string of the molecule is C/C=C(\C)C1(C)C(=O)NC(=O)NC1=O. The molecule has 0 spiro atoms. The first-order valence-corrected chi connectivity index (χ1v) is 4.23. The van der Waals surface area contributed by atoms with E-state index in [1.807, 2.05) is 0 Å². The number of rotatable bonds is 1. The molecular formula is C9H12N2O3. The number of barbiturate groups is 1. The summed E-state index contributed by atoms with van der Waals surface area (Å²) in [6.07, 6.45) is 1.68. The first-order chi connectivity index (χ1) is 6.42. The molecule has 14 heavy (non-hydrogen) atoms. The molecule has 1 saturated heterocycles. The minimum Gasteiger partial charge on any atom is -0.277 e. The van der Waals surface area contributed by atoms with Crippen molar-refractivity contribution in [2.24, 2.45) is 5.41 Å². The van der Waals surface area contributed by atoms with Crippen molar-refractivity contribution in [1.82, 2.24) is 10.6 Å². The Morgan fingerprint density at radius 2 is 1.64 bits per heavy atom. The molecule has 0 saturated carbocycles. The van der Waals surface area contributed by atoms with E-state index < -0.39 is 23.3 Å². The van der Waals surface area contributed by atoms with Crippen LogP contribution in [0.25, 0.3) is 0 Å². The normalized spacial score (nSPS) is 21.6. The fourth-order valence-corrected chi connectivity index (χ4v) is 1.24. The molecule has 0 aromatic rings. The number of carbonyl (C=O) groups is 3. The number of hydrogen-bond donors (Lipinski definition) is 2. The summed E-state index contributed by atoms with van der Waals surface area (Å²) in [5.74, 6) is -1.16. The second-order valence-electron chi connectivity index (χ2n) is 3.33. The fourth-order valence-electron chi connectivity index (χ4n) is 1.24. The first-order valence-electron chi connectivity index (χ1n) is 4.23. The molecule has 0 atom stereocenters. The number of carbonyl (C=O) groups excluding carboxylic acids is 3. The van der Waals surface area contributed by atoms with Gasteiger partial charge in [-0.3, -0.25) is 20.2 Å². The van der Waals surface area contributed by atoms with Gasteiger partial charge in [0.1, 0.15) is 5.41 Å². The van der Waals surface area contributed by atoms with Crippen molar-refractivity contribution in [3.63, 3.8) is 0 Å². The van der Waals surface area contributed by atoms with Crippen molar-refractivity contribution in [2.75, 3.05) is 0 Å². The van der Waals surface area contributed by atoms with Crippen LogP contribution in [-0.4, -0.2) is 17.8 Å². The lowest BCUT2D eigenvalue weighted by molar-refractivity contribution is -0.140. The summed E-state index contributed by atoms with van der Waals surface area (Å²) in [4.78, 5) is 33.8. The summed E-state index contributed by atoms with van der Waals surface area (Å²) in [6, 6.07) is -0.763. The van der Waals surface area contributed by atoms with Gasteiger partial charge in [0.15, 0.2) is 0 Å². The molecule has 0 unspecified atom stereocenters. The standard InChI is InChI=1S/C9H12N2O3/c1-4-5(2)9(3)6(12)10-8(14)11-7(9)13/h4H,1-3H3,(H2,10,11,12,13,14)/b5-4+. The Hall–Kier alpha value is -1.65. The van der Waals surface area contributed by atoms with Crippen LogP contribution >= 0.6 is 0 Å². The van der Waals surface area contributed by atoms with Crippen molar-refractivity contribution in [2.45, 2.75) is 20.8 Å². The zero-order valence-electron chi connectivity index (χ0n) is 8.30. The van der Waals surface area contributed by atoms with E-state index in [1.54, 1.807) is 19.9 Å². The lowest BCUT2D eigenvalue weighted by Crippen LogP contribution is -2.61. The van der Waals surface area contributed by atoms with Crippen LogP contribution < -0.4 is 10.6 Å². The van der Waals surface area contributed by atoms with Gasteiger partial charge in [-0.1, -0.05) is 11.6 Å². The molecule has 1 aliphatic rings. The molecule has 1 heterocycles. The van der Waals surface area contributed by atoms with Crippen LogP contribution in [0, 0.1) is 5.41 Å². The molecule has 0 aromatic heterocycles. The molecule has 2 N–H and O–H groups in total. The third-order valence-corrected chi connectivity index (χ3v) is 2.58. The number of allylic oxidation sites excluding steroid dienone is 1. The molecule has 0 aromatic carbocycles. The molecule has 1 rings (SSSR count). The summed E-state index contributed by atoms with van der Waals surface area (Å²) < 4.78 is 0. The fraction of sp³-hybridized carbons (Fsp3) is 0.444. The van der Waals surface area contributed by atoms with E-state index in [4.69, 9.17) is 0 Å². The van der Waals surface area contributed by atoms with Crippen LogP contribution in [0.4, 0.5) is 4.79 Å². The van der Waals surface area contributed by atoms with E-state index in [1.165, 1.54) is 6.92 Å². The number of urea groups is 1. The largest absolute Gasteiger partial charge is 0.328 e. The van der Waals surface area contributed by atoms with Crippen molar-refractivity contribution in [1.29, 1.82) is 0 Å². The number of amides is 4. The van der Waals surface area contributed by atoms with Gasteiger partial charge in [-0.15, -0.1) is 0 Å². The monoisotopic (exact) mass is 196 g/mol. The van der Waals surface area contributed by atoms with Gasteiger partial charge in [0.2, 0.25) is 11.8 Å². The van der Waals surface area contributed by atoms with Crippen LogP contribution in [0.3, 0.4) is 0 Å². The summed E-state index contributed by atoms with van der Waals surface area (Å²) in [7, 11) is 0. The van der Waals surface area contributed by atoms with Crippen molar-refractivity contribution < 1.29 is 14.4 Å². The van der Waals surface area contributed by atoms with Gasteiger partial charge >= 0.3 is 6.03 Å². The number of nitrogens with one attached hydrogen (secondary N) is 2. The van der Waals surface area contributed by atoms with Crippen LogP contribution in [-0.2, 0) is 9.59 Å². The Morgan fingerprint density at radius 1 is 1.21 bits per heavy atom. The van der Waals surface area contributed by atoms with Crippen LogP contribution in [0.5, 0.6) is 0 Å². The summed E-state index contributed by atoms with van der Waals surface area (Å²) in [5, 5.41) is 4.13. The van der Waals surface area contributed by atoms with E-state index in [0.29, 0.717) is 5.57 Å². The highest BCUT2D eigenvalue weighted by Gasteiger charge is 2.47. The van der Waals surface area contributed by atoms with Gasteiger partial charge in [0.25, 0.3) is 0 Å². The predicted molar refractivity (Wildman–Crippen MR) is 49.2 cm³/mol. The zero-order valence-corrected chi connectivity index (χ0v) is 8.30. The molecule has 76 valence electrons. The van der Waals surface area contributed by atoms with E-state index in [9.17, 15) is 14.4 Å². The molecule has 0 radical (unpaired) electrons. The second-order valence-corrected chi connectivity index (χ2v) is 3.33. The molecular weight excluding hydrogens is 184 g/mol. The van der Waals surface area contributed by atoms with E-state index in [-0.39, 0.29) is 0 Å². The molecule has 4 amide bonds. The highest BCUT2D eigenvalue weighted by atomic mass is 16.2. The maximum Gasteiger partial charge on any atom is 0.328 e. The molecule has 1 aliphatic heterocycles. The lowest BCUT2D eigenvalue weighted by atomic mass is 9.80. The van der Waals surface area contributed by atoms with Crippen LogP contribution in [0.1, 0.15) is 20.8 Å². The van der Waals surface area contributed by atoms with Gasteiger partial charge in [-0.05, 0) is 20.8 Å². The predicted octanol–water partition coefficient (Wildman–Crippen LogP) is 0.325. The summed E-state index contributed by atoms with van der Waals surface area (Å²) in [5.41, 5.74) is -0.664. The van der Waals surface area contributed by atoms with Crippen LogP contribution in [0.2, 0.25) is 0 Å². The molecule has 0 bridgehead atoms. The maximum absolute atomic E-state index is 11.5. The highest BCUT2D eigenvalue weighted by molar-refractivity contribution is 6.20. The Balaban J connectivity index is 3.14. The molecule has 0 aliphatic carbocycles. The summed E-state index contributed by atoms with van der Waals surface area (Å²) >= 11 is 0. The van der Waals surface area contributed by atoms with Gasteiger partial charge in [0.05, 0.1) is 0 Å². The van der Waals surface area contributed by atoms with E-state index in [2.05, 4.69) is 10.6 Å². The molecule has 5 nitrogen and oxygen atoms in total. The number of hydrogen-bond acceptors (Lipinski definition) is 3. The number of imide groups is 2.